The lowest BCUT2D eigenvalue weighted by Gasteiger charge is -2.10. The molecule has 0 fully saturated rings. The largest absolute Gasteiger partial charge is 0.469 e. The van der Waals surface area contributed by atoms with Crippen molar-refractivity contribution in [3.8, 4) is 0 Å². The van der Waals surface area contributed by atoms with Crippen LogP contribution in [-0.4, -0.2) is 82.5 Å². The van der Waals surface area contributed by atoms with Crippen LogP contribution in [0, 0.1) is 0 Å². The van der Waals surface area contributed by atoms with Gasteiger partial charge in [-0.2, -0.15) is 0 Å². The molecule has 0 aliphatic carbocycles. The summed E-state index contributed by atoms with van der Waals surface area (Å²) >= 11 is 0. The molecule has 14 heteroatoms. The predicted molar refractivity (Wildman–Crippen MR) is 162 cm³/mol. The van der Waals surface area contributed by atoms with E-state index in [0.717, 1.165) is 13.0 Å². The number of ether oxygens (including phenoxy) is 1. The fourth-order valence-corrected chi connectivity index (χ4v) is 4.37. The van der Waals surface area contributed by atoms with Gasteiger partial charge in [0.1, 0.15) is 17.1 Å². The highest BCUT2D eigenvalue weighted by atomic mass is 16.5. The monoisotopic (exact) mass is 596 g/mol. The number of carbonyl (C=O) groups is 5. The van der Waals surface area contributed by atoms with Crippen LogP contribution in [0.15, 0.2) is 36.8 Å². The number of amides is 4. The topological polar surface area (TPSA) is 161 Å². The Morgan fingerprint density at radius 3 is 1.63 bits per heavy atom. The third-order valence-corrected chi connectivity index (χ3v) is 6.59. The molecule has 4 amide bonds. The van der Waals surface area contributed by atoms with Gasteiger partial charge in [0.2, 0.25) is 5.91 Å². The van der Waals surface area contributed by atoms with Gasteiger partial charge in [0.05, 0.1) is 24.2 Å². The number of aromatic nitrogens is 3. The lowest BCUT2D eigenvalue weighted by atomic mass is 10.2. The minimum atomic E-state index is -0.435. The maximum atomic E-state index is 13.0. The summed E-state index contributed by atoms with van der Waals surface area (Å²) in [6.45, 7) is 1.40. The van der Waals surface area contributed by atoms with Gasteiger partial charge in [0.25, 0.3) is 17.7 Å². The number of aryl methyl sites for hydroxylation is 3. The molecule has 0 aromatic carbocycles. The van der Waals surface area contributed by atoms with E-state index in [1.165, 1.54) is 13.2 Å². The van der Waals surface area contributed by atoms with Crippen LogP contribution in [-0.2, 0) is 35.5 Å². The van der Waals surface area contributed by atoms with Crippen molar-refractivity contribution in [1.82, 2.24) is 23.9 Å². The van der Waals surface area contributed by atoms with Gasteiger partial charge >= 0.3 is 5.97 Å². The zero-order valence-corrected chi connectivity index (χ0v) is 25.4. The van der Waals surface area contributed by atoms with E-state index < -0.39 is 11.8 Å². The van der Waals surface area contributed by atoms with Crippen molar-refractivity contribution in [3.63, 3.8) is 0 Å². The molecule has 4 N–H and O–H groups in total. The summed E-state index contributed by atoms with van der Waals surface area (Å²) in [4.78, 5) is 64.0. The molecule has 3 heterocycles. The number of nitrogens with zero attached hydrogens (tertiary/aromatic N) is 4. The van der Waals surface area contributed by atoms with Crippen molar-refractivity contribution in [1.29, 1.82) is 0 Å². The van der Waals surface area contributed by atoms with Crippen molar-refractivity contribution in [2.45, 2.75) is 25.7 Å². The van der Waals surface area contributed by atoms with Crippen LogP contribution >= 0.6 is 0 Å². The van der Waals surface area contributed by atoms with E-state index in [9.17, 15) is 24.0 Å². The summed E-state index contributed by atoms with van der Waals surface area (Å²) < 4.78 is 9.36. The van der Waals surface area contributed by atoms with Gasteiger partial charge in [0, 0.05) is 59.1 Å². The maximum Gasteiger partial charge on any atom is 0.305 e. The highest BCUT2D eigenvalue weighted by Gasteiger charge is 2.19. The van der Waals surface area contributed by atoms with Gasteiger partial charge in [-0.3, -0.25) is 24.0 Å². The van der Waals surface area contributed by atoms with Crippen molar-refractivity contribution < 1.29 is 28.7 Å². The Bertz CT molecular complexity index is 1480. The number of hydrogen-bond donors (Lipinski definition) is 4. The highest BCUT2D eigenvalue weighted by Crippen LogP contribution is 2.20. The lowest BCUT2D eigenvalue weighted by molar-refractivity contribution is -0.140. The zero-order valence-electron chi connectivity index (χ0n) is 25.4. The Hall–Kier alpha value is -4.85. The molecule has 0 radical (unpaired) electrons. The average molecular weight is 597 g/mol. The standard InChI is InChI=1S/C29H40N8O6/c1-34(2)12-8-11-30-27(40)22-14-20(17-35(22)3)32-29(42)24-15-21(18-37(24)5)33-28(41)23-13-19(16-36(23)4)31-25(38)9-7-10-26(39)43-6/h13-18H,7-12H2,1-6H3,(H,30,40)(H,31,38)(H,32,42)(H,33,41). The van der Waals surface area contributed by atoms with Crippen molar-refractivity contribution in [3.05, 3.63) is 53.9 Å². The van der Waals surface area contributed by atoms with Gasteiger partial charge in [-0.05, 0) is 51.7 Å². The predicted octanol–water partition coefficient (Wildman–Crippen LogP) is 2.17. The average Bonchev–Trinajstić information content (AvgIpc) is 3.61. The molecular weight excluding hydrogens is 556 g/mol. The fourth-order valence-electron chi connectivity index (χ4n) is 4.37. The minimum Gasteiger partial charge on any atom is -0.469 e. The van der Waals surface area contributed by atoms with Crippen molar-refractivity contribution in [2.75, 3.05) is 50.2 Å². The van der Waals surface area contributed by atoms with Crippen LogP contribution in [0.3, 0.4) is 0 Å². The highest BCUT2D eigenvalue weighted by molar-refractivity contribution is 6.07. The Balaban J connectivity index is 1.58. The number of hydrogen-bond acceptors (Lipinski definition) is 7. The third kappa shape index (κ3) is 9.33. The molecule has 0 saturated heterocycles. The first-order valence-corrected chi connectivity index (χ1v) is 13.8. The Kier molecular flexibility index (Phi) is 11.3. The SMILES string of the molecule is COC(=O)CCCC(=O)Nc1cc(C(=O)Nc2cc(C(=O)Nc3cc(C(=O)NCCCN(C)C)n(C)c3)n(C)c2)n(C)c1. The number of anilines is 3. The fraction of sp³-hybridized carbons (Fsp3) is 0.414. The number of methoxy groups -OCH3 is 1. The molecule has 0 aliphatic heterocycles. The second-order valence-corrected chi connectivity index (χ2v) is 10.5. The van der Waals surface area contributed by atoms with Gasteiger partial charge < -0.3 is 44.6 Å². The van der Waals surface area contributed by atoms with Crippen LogP contribution in [0.2, 0.25) is 0 Å². The molecule has 3 rings (SSSR count). The van der Waals surface area contributed by atoms with Crippen LogP contribution < -0.4 is 21.3 Å². The molecule has 14 nitrogen and oxygen atoms in total. The Labute approximate surface area is 250 Å². The minimum absolute atomic E-state index is 0.134. The molecule has 0 unspecified atom stereocenters. The van der Waals surface area contributed by atoms with Crippen molar-refractivity contribution in [2.24, 2.45) is 21.1 Å². The van der Waals surface area contributed by atoms with E-state index in [1.807, 2.05) is 19.0 Å². The second kappa shape index (κ2) is 14.9. The molecule has 0 aliphatic rings. The second-order valence-electron chi connectivity index (χ2n) is 10.5. The number of esters is 1. The van der Waals surface area contributed by atoms with Gasteiger partial charge in [-0.25, -0.2) is 0 Å². The van der Waals surface area contributed by atoms with E-state index in [2.05, 4.69) is 26.0 Å². The summed E-state index contributed by atoms with van der Waals surface area (Å²) in [6, 6.07) is 4.69. The van der Waals surface area contributed by atoms with Crippen LogP contribution in [0.5, 0.6) is 0 Å². The quantitative estimate of drug-likeness (QED) is 0.164. The molecule has 0 saturated carbocycles. The first kappa shape index (κ1) is 32.7. The molecule has 0 spiro atoms. The summed E-state index contributed by atoms with van der Waals surface area (Å²) in [5, 5.41) is 11.2. The smallest absolute Gasteiger partial charge is 0.305 e. The number of nitrogens with one attached hydrogen (secondary N) is 4. The van der Waals surface area contributed by atoms with E-state index in [0.29, 0.717) is 41.4 Å². The maximum absolute atomic E-state index is 13.0. The van der Waals surface area contributed by atoms with Gasteiger partial charge in [0.15, 0.2) is 0 Å². The summed E-state index contributed by atoms with van der Waals surface area (Å²) in [7, 11) is 10.3. The van der Waals surface area contributed by atoms with Crippen LogP contribution in [0.4, 0.5) is 17.1 Å². The number of rotatable bonds is 14. The number of carbonyl (C=O) groups excluding carboxylic acids is 5. The zero-order chi connectivity index (χ0) is 31.7. The molecular formula is C29H40N8O6. The van der Waals surface area contributed by atoms with Crippen molar-refractivity contribution >= 4 is 46.7 Å². The van der Waals surface area contributed by atoms with E-state index in [-0.39, 0.29) is 36.3 Å². The molecule has 0 atom stereocenters. The first-order chi connectivity index (χ1) is 20.4. The third-order valence-electron chi connectivity index (χ3n) is 6.59. The summed E-state index contributed by atoms with van der Waals surface area (Å²) in [5.41, 5.74) is 2.30. The summed E-state index contributed by atoms with van der Waals surface area (Å²) in [5.74, 6) is -1.74. The van der Waals surface area contributed by atoms with Crippen LogP contribution in [0.25, 0.3) is 0 Å². The normalized spacial score (nSPS) is 10.9. The van der Waals surface area contributed by atoms with Gasteiger partial charge in [-0.15, -0.1) is 0 Å². The molecule has 43 heavy (non-hydrogen) atoms. The lowest BCUT2D eigenvalue weighted by Crippen LogP contribution is -2.28. The molecule has 0 bridgehead atoms. The molecule has 3 aromatic heterocycles. The van der Waals surface area contributed by atoms with E-state index in [4.69, 9.17) is 0 Å². The Morgan fingerprint density at radius 2 is 1.16 bits per heavy atom. The van der Waals surface area contributed by atoms with E-state index >= 15 is 0 Å². The van der Waals surface area contributed by atoms with Crippen LogP contribution in [0.1, 0.15) is 57.1 Å². The molecule has 3 aromatic rings. The van der Waals surface area contributed by atoms with Gasteiger partial charge in [-0.1, -0.05) is 0 Å². The van der Waals surface area contributed by atoms with E-state index in [1.54, 1.807) is 65.6 Å². The first-order valence-electron chi connectivity index (χ1n) is 13.8. The molecule has 232 valence electrons. The summed E-state index contributed by atoms with van der Waals surface area (Å²) in [6.07, 6.45) is 6.32. The Morgan fingerprint density at radius 1 is 0.698 bits per heavy atom.